The fourth-order valence-corrected chi connectivity index (χ4v) is 1.49. The van der Waals surface area contributed by atoms with Crippen LogP contribution in [0.3, 0.4) is 0 Å². The molecule has 1 heterocycles. The van der Waals surface area contributed by atoms with Crippen LogP contribution in [0.25, 0.3) is 0 Å². The van der Waals surface area contributed by atoms with Crippen molar-refractivity contribution in [3.05, 3.63) is 42.1 Å². The molecular formula is C14H16N2O2. The zero-order chi connectivity index (χ0) is 13.0. The lowest BCUT2D eigenvalue weighted by atomic mass is 10.2. The van der Waals surface area contributed by atoms with Gasteiger partial charge in [0.15, 0.2) is 0 Å². The molecule has 0 aliphatic rings. The Hall–Kier alpha value is -2.23. The summed E-state index contributed by atoms with van der Waals surface area (Å²) in [6.07, 6.45) is 1.60. The molecule has 0 saturated carbocycles. The van der Waals surface area contributed by atoms with E-state index >= 15 is 0 Å². The summed E-state index contributed by atoms with van der Waals surface area (Å²) in [7, 11) is 0. The molecule has 0 aliphatic carbocycles. The number of nitrogens with zero attached hydrogens (tertiary/aromatic N) is 1. The van der Waals surface area contributed by atoms with Crippen LogP contribution < -0.4 is 15.2 Å². The number of nitrogen functional groups attached to an aromatic ring is 1. The molecule has 0 bridgehead atoms. The van der Waals surface area contributed by atoms with Crippen molar-refractivity contribution >= 4 is 5.69 Å². The van der Waals surface area contributed by atoms with Crippen LogP contribution in [0.15, 0.2) is 36.5 Å². The number of aryl methyl sites for hydroxylation is 1. The van der Waals surface area contributed by atoms with Gasteiger partial charge < -0.3 is 15.2 Å². The number of hydrogen-bond donors (Lipinski definition) is 1. The number of ether oxygens (including phenoxy) is 2. The Balaban J connectivity index is 2.10. The molecule has 1 aromatic carbocycles. The predicted octanol–water partition coefficient (Wildman–Crippen LogP) is 3.16. The second-order valence-electron chi connectivity index (χ2n) is 3.89. The topological polar surface area (TPSA) is 57.4 Å². The summed E-state index contributed by atoms with van der Waals surface area (Å²) in [5, 5.41) is 0. The quantitative estimate of drug-likeness (QED) is 0.897. The molecule has 0 unspecified atom stereocenters. The number of hydrogen-bond acceptors (Lipinski definition) is 4. The summed E-state index contributed by atoms with van der Waals surface area (Å²) in [5.41, 5.74) is 7.31. The largest absolute Gasteiger partial charge is 0.494 e. The summed E-state index contributed by atoms with van der Waals surface area (Å²) >= 11 is 0. The first-order valence-electron chi connectivity index (χ1n) is 5.82. The number of anilines is 1. The van der Waals surface area contributed by atoms with E-state index in [1.807, 2.05) is 44.2 Å². The molecule has 0 saturated heterocycles. The van der Waals surface area contributed by atoms with E-state index < -0.39 is 0 Å². The van der Waals surface area contributed by atoms with Crippen LogP contribution in [0.1, 0.15) is 12.5 Å². The van der Waals surface area contributed by atoms with Crippen LogP contribution in [-0.2, 0) is 0 Å². The maximum Gasteiger partial charge on any atom is 0.219 e. The number of aromatic nitrogens is 1. The Kier molecular flexibility index (Phi) is 3.67. The summed E-state index contributed by atoms with van der Waals surface area (Å²) in [5.74, 6) is 2.08. The number of rotatable bonds is 4. The second-order valence-corrected chi connectivity index (χ2v) is 3.89. The fraction of sp³-hybridized carbons (Fsp3) is 0.214. The van der Waals surface area contributed by atoms with Crippen LogP contribution in [0.2, 0.25) is 0 Å². The zero-order valence-electron chi connectivity index (χ0n) is 10.5. The monoisotopic (exact) mass is 244 g/mol. The summed E-state index contributed by atoms with van der Waals surface area (Å²) < 4.78 is 11.0. The molecule has 2 aromatic rings. The van der Waals surface area contributed by atoms with Gasteiger partial charge in [-0.3, -0.25) is 0 Å². The highest BCUT2D eigenvalue weighted by molar-refractivity contribution is 5.46. The molecule has 4 nitrogen and oxygen atoms in total. The van der Waals surface area contributed by atoms with Gasteiger partial charge in [-0.25, -0.2) is 4.98 Å². The number of pyridine rings is 1. The van der Waals surface area contributed by atoms with Gasteiger partial charge in [-0.15, -0.1) is 0 Å². The Bertz CT molecular complexity index is 524. The normalized spacial score (nSPS) is 10.1. The fourth-order valence-electron chi connectivity index (χ4n) is 1.49. The smallest absolute Gasteiger partial charge is 0.219 e. The molecule has 0 radical (unpaired) electrons. The van der Waals surface area contributed by atoms with E-state index in [1.165, 1.54) is 0 Å². The molecular weight excluding hydrogens is 228 g/mol. The first-order chi connectivity index (χ1) is 8.69. The Morgan fingerprint density at radius 3 is 2.44 bits per heavy atom. The average Bonchev–Trinajstić information content (AvgIpc) is 2.37. The van der Waals surface area contributed by atoms with Crippen LogP contribution in [0.5, 0.6) is 17.4 Å². The second kappa shape index (κ2) is 5.40. The maximum absolute atomic E-state index is 5.70. The molecule has 0 aliphatic heterocycles. The molecule has 0 spiro atoms. The van der Waals surface area contributed by atoms with E-state index in [9.17, 15) is 0 Å². The highest BCUT2D eigenvalue weighted by Crippen LogP contribution is 2.24. The van der Waals surface area contributed by atoms with Crippen molar-refractivity contribution in [1.82, 2.24) is 4.98 Å². The van der Waals surface area contributed by atoms with Gasteiger partial charge in [-0.2, -0.15) is 0 Å². The minimum absolute atomic E-state index is 0.533. The lowest BCUT2D eigenvalue weighted by Gasteiger charge is -2.07. The van der Waals surface area contributed by atoms with Crippen molar-refractivity contribution in [3.63, 3.8) is 0 Å². The van der Waals surface area contributed by atoms with Gasteiger partial charge in [0, 0.05) is 6.07 Å². The summed E-state index contributed by atoms with van der Waals surface area (Å²) in [6, 6.07) is 9.23. The van der Waals surface area contributed by atoms with Crippen LogP contribution in [0, 0.1) is 6.92 Å². The highest BCUT2D eigenvalue weighted by atomic mass is 16.5. The van der Waals surface area contributed by atoms with Crippen molar-refractivity contribution in [1.29, 1.82) is 0 Å². The lowest BCUT2D eigenvalue weighted by Crippen LogP contribution is -1.94. The van der Waals surface area contributed by atoms with Crippen molar-refractivity contribution < 1.29 is 9.47 Å². The molecule has 0 atom stereocenters. The van der Waals surface area contributed by atoms with Gasteiger partial charge >= 0.3 is 0 Å². The van der Waals surface area contributed by atoms with E-state index in [-0.39, 0.29) is 0 Å². The van der Waals surface area contributed by atoms with E-state index in [4.69, 9.17) is 15.2 Å². The minimum Gasteiger partial charge on any atom is -0.494 e. The van der Waals surface area contributed by atoms with Crippen molar-refractivity contribution in [3.8, 4) is 17.4 Å². The zero-order valence-corrected chi connectivity index (χ0v) is 10.5. The third kappa shape index (κ3) is 2.91. The summed E-state index contributed by atoms with van der Waals surface area (Å²) in [4.78, 5) is 4.11. The molecule has 0 fully saturated rings. The Morgan fingerprint density at radius 2 is 1.83 bits per heavy atom. The third-order valence-electron chi connectivity index (χ3n) is 2.48. The molecule has 18 heavy (non-hydrogen) atoms. The SMILES string of the molecule is CCOc1ccc(Oc2cc(C)c(N)cn2)cc1. The van der Waals surface area contributed by atoms with Gasteiger partial charge in [0.1, 0.15) is 11.5 Å². The van der Waals surface area contributed by atoms with E-state index in [0.29, 0.717) is 18.2 Å². The molecule has 94 valence electrons. The Morgan fingerprint density at radius 1 is 1.17 bits per heavy atom. The van der Waals surface area contributed by atoms with Crippen molar-refractivity contribution in [2.24, 2.45) is 0 Å². The van der Waals surface area contributed by atoms with Crippen LogP contribution in [-0.4, -0.2) is 11.6 Å². The van der Waals surface area contributed by atoms with Gasteiger partial charge in [0.2, 0.25) is 5.88 Å². The predicted molar refractivity (Wildman–Crippen MR) is 71.1 cm³/mol. The van der Waals surface area contributed by atoms with Crippen LogP contribution in [0.4, 0.5) is 5.69 Å². The molecule has 0 amide bonds. The summed E-state index contributed by atoms with van der Waals surface area (Å²) in [6.45, 7) is 4.52. The van der Waals surface area contributed by atoms with Gasteiger partial charge in [-0.1, -0.05) is 0 Å². The van der Waals surface area contributed by atoms with Gasteiger partial charge in [0.25, 0.3) is 0 Å². The van der Waals surface area contributed by atoms with E-state index in [1.54, 1.807) is 6.20 Å². The van der Waals surface area contributed by atoms with Gasteiger partial charge in [0.05, 0.1) is 18.5 Å². The first kappa shape index (κ1) is 12.2. The maximum atomic E-state index is 5.70. The molecule has 2 N–H and O–H groups in total. The molecule has 4 heteroatoms. The number of benzene rings is 1. The number of nitrogens with two attached hydrogens (primary N) is 1. The van der Waals surface area contributed by atoms with Crippen LogP contribution >= 0.6 is 0 Å². The molecule has 1 aromatic heterocycles. The van der Waals surface area contributed by atoms with E-state index in [0.717, 1.165) is 17.1 Å². The standard InChI is InChI=1S/C14H16N2O2/c1-3-17-11-4-6-12(7-5-11)18-14-8-10(2)13(15)9-16-14/h4-9H,3,15H2,1-2H3. The van der Waals surface area contributed by atoms with Crippen molar-refractivity contribution in [2.75, 3.05) is 12.3 Å². The van der Waals surface area contributed by atoms with E-state index in [2.05, 4.69) is 4.98 Å². The highest BCUT2D eigenvalue weighted by Gasteiger charge is 2.01. The lowest BCUT2D eigenvalue weighted by molar-refractivity contribution is 0.339. The van der Waals surface area contributed by atoms with Gasteiger partial charge in [-0.05, 0) is 43.7 Å². The van der Waals surface area contributed by atoms with Crippen molar-refractivity contribution in [2.45, 2.75) is 13.8 Å². The average molecular weight is 244 g/mol. The Labute approximate surface area is 106 Å². The minimum atomic E-state index is 0.533. The first-order valence-corrected chi connectivity index (χ1v) is 5.82. The third-order valence-corrected chi connectivity index (χ3v) is 2.48. The molecule has 2 rings (SSSR count).